The van der Waals surface area contributed by atoms with Crippen LogP contribution in [-0.4, -0.2) is 28.3 Å². The molecule has 0 saturated heterocycles. The van der Waals surface area contributed by atoms with E-state index in [4.69, 9.17) is 4.74 Å². The lowest BCUT2D eigenvalue weighted by atomic mass is 10.1. The normalized spacial score (nSPS) is 12.0. The molecule has 1 atom stereocenters. The molecule has 0 heterocycles. The number of carbonyl (C=O) groups excluding carboxylic acids is 1. The Kier molecular flexibility index (Phi) is 5.50. The smallest absolute Gasteiger partial charge is 0.280 e. The van der Waals surface area contributed by atoms with Gasteiger partial charge >= 0.3 is 0 Å². The number of hydrazone groups is 1. The van der Waals surface area contributed by atoms with E-state index >= 15 is 0 Å². The molecule has 8 heteroatoms. The van der Waals surface area contributed by atoms with Crippen LogP contribution in [0.15, 0.2) is 65.8 Å². The van der Waals surface area contributed by atoms with Crippen molar-refractivity contribution in [3.63, 3.8) is 0 Å². The lowest BCUT2D eigenvalue weighted by Crippen LogP contribution is -2.33. The summed E-state index contributed by atoms with van der Waals surface area (Å²) in [7, 11) is 0. The number of nitro groups is 1. The Labute approximate surface area is 160 Å². The number of nitrogens with one attached hydrogen (secondary N) is 1. The Morgan fingerprint density at radius 1 is 1.18 bits per heavy atom. The van der Waals surface area contributed by atoms with Crippen LogP contribution in [0.5, 0.6) is 11.5 Å². The van der Waals surface area contributed by atoms with Crippen molar-refractivity contribution in [2.24, 2.45) is 5.10 Å². The van der Waals surface area contributed by atoms with Crippen LogP contribution in [0.2, 0.25) is 0 Å². The molecule has 0 radical (unpaired) electrons. The minimum atomic E-state index is -0.822. The molecule has 0 fully saturated rings. The van der Waals surface area contributed by atoms with E-state index in [1.807, 2.05) is 36.4 Å². The first-order valence-corrected chi connectivity index (χ1v) is 8.40. The van der Waals surface area contributed by atoms with Gasteiger partial charge in [0, 0.05) is 17.7 Å². The first kappa shape index (κ1) is 18.8. The maximum atomic E-state index is 12.1. The first-order valence-electron chi connectivity index (χ1n) is 8.40. The Hall–Kier alpha value is -3.94. The van der Waals surface area contributed by atoms with E-state index in [1.165, 1.54) is 12.1 Å². The third kappa shape index (κ3) is 4.42. The molecular formula is C20H17N3O5. The number of non-ortho nitro benzene ring substituents is 1. The summed E-state index contributed by atoms with van der Waals surface area (Å²) in [4.78, 5) is 22.3. The second kappa shape index (κ2) is 8.17. The van der Waals surface area contributed by atoms with E-state index in [-0.39, 0.29) is 17.0 Å². The molecule has 0 unspecified atom stereocenters. The summed E-state index contributed by atoms with van der Waals surface area (Å²) in [6.45, 7) is 1.57. The van der Waals surface area contributed by atoms with Crippen molar-refractivity contribution in [1.82, 2.24) is 5.43 Å². The molecule has 3 rings (SSSR count). The number of nitrogens with zero attached hydrogens (tertiary/aromatic N) is 2. The molecule has 0 aliphatic heterocycles. The molecule has 0 aliphatic rings. The standard InChI is InChI=1S/C20H17N3O5/c1-13(28-18-8-6-14-4-2-3-5-15(14)11-18)20(25)22-21-12-16-10-17(23(26)27)7-9-19(16)24/h2-13,24H,1H3,(H,22,25)/t13-/m1/s1. The van der Waals surface area contributed by atoms with Crippen LogP contribution < -0.4 is 10.2 Å². The molecule has 0 aromatic heterocycles. The molecule has 0 aliphatic carbocycles. The molecule has 28 heavy (non-hydrogen) atoms. The van der Waals surface area contributed by atoms with Crippen molar-refractivity contribution in [1.29, 1.82) is 0 Å². The van der Waals surface area contributed by atoms with Crippen LogP contribution in [0.3, 0.4) is 0 Å². The van der Waals surface area contributed by atoms with Gasteiger partial charge in [-0.05, 0) is 35.9 Å². The zero-order valence-corrected chi connectivity index (χ0v) is 14.9. The topological polar surface area (TPSA) is 114 Å². The fourth-order valence-corrected chi connectivity index (χ4v) is 2.51. The Bertz CT molecular complexity index is 1060. The largest absolute Gasteiger partial charge is 0.507 e. The number of rotatable bonds is 6. The van der Waals surface area contributed by atoms with Crippen LogP contribution in [-0.2, 0) is 4.79 Å². The van der Waals surface area contributed by atoms with E-state index in [0.29, 0.717) is 5.75 Å². The fourth-order valence-electron chi connectivity index (χ4n) is 2.51. The summed E-state index contributed by atoms with van der Waals surface area (Å²) >= 11 is 0. The second-order valence-electron chi connectivity index (χ2n) is 6.00. The van der Waals surface area contributed by atoms with Gasteiger partial charge < -0.3 is 9.84 Å². The lowest BCUT2D eigenvalue weighted by Gasteiger charge is -2.13. The van der Waals surface area contributed by atoms with E-state index in [9.17, 15) is 20.0 Å². The molecule has 0 saturated carbocycles. The summed E-state index contributed by atoms with van der Waals surface area (Å²) < 4.78 is 5.64. The Morgan fingerprint density at radius 2 is 1.93 bits per heavy atom. The highest BCUT2D eigenvalue weighted by Crippen LogP contribution is 2.22. The van der Waals surface area contributed by atoms with E-state index in [1.54, 1.807) is 13.0 Å². The summed E-state index contributed by atoms with van der Waals surface area (Å²) in [6, 6.07) is 16.8. The maximum Gasteiger partial charge on any atom is 0.280 e. The van der Waals surface area contributed by atoms with E-state index < -0.39 is 16.9 Å². The number of hydrogen-bond acceptors (Lipinski definition) is 6. The zero-order chi connectivity index (χ0) is 20.1. The predicted octanol–water partition coefficient (Wildman–Crippen LogP) is 3.37. The van der Waals surface area contributed by atoms with Crippen molar-refractivity contribution in [2.75, 3.05) is 0 Å². The number of nitro benzene ring substituents is 1. The average Bonchev–Trinajstić information content (AvgIpc) is 2.69. The SMILES string of the molecule is C[C@@H](Oc1ccc2ccccc2c1)C(=O)NN=Cc1cc([N+](=O)[O-])ccc1O. The number of benzene rings is 3. The Morgan fingerprint density at radius 3 is 2.68 bits per heavy atom. The molecule has 142 valence electrons. The summed E-state index contributed by atoms with van der Waals surface area (Å²) in [5, 5.41) is 26.3. The van der Waals surface area contributed by atoms with Gasteiger partial charge in [0.25, 0.3) is 11.6 Å². The summed E-state index contributed by atoms with van der Waals surface area (Å²) in [5.74, 6) is -0.153. The van der Waals surface area contributed by atoms with Crippen molar-refractivity contribution >= 4 is 28.6 Å². The van der Waals surface area contributed by atoms with Gasteiger partial charge in [-0.3, -0.25) is 14.9 Å². The molecule has 8 nitrogen and oxygen atoms in total. The van der Waals surface area contributed by atoms with E-state index in [2.05, 4.69) is 10.5 Å². The quantitative estimate of drug-likeness (QED) is 0.387. The Balaban J connectivity index is 1.63. The maximum absolute atomic E-state index is 12.1. The van der Waals surface area contributed by atoms with Crippen molar-refractivity contribution < 1.29 is 19.6 Å². The van der Waals surface area contributed by atoms with Crippen LogP contribution in [0.4, 0.5) is 5.69 Å². The van der Waals surface area contributed by atoms with Gasteiger partial charge in [0.2, 0.25) is 0 Å². The fraction of sp³-hybridized carbons (Fsp3) is 0.100. The minimum Gasteiger partial charge on any atom is -0.507 e. The number of fused-ring (bicyclic) bond motifs is 1. The van der Waals surface area contributed by atoms with Gasteiger partial charge in [-0.25, -0.2) is 5.43 Å². The number of hydrogen-bond donors (Lipinski definition) is 2. The summed E-state index contributed by atoms with van der Waals surface area (Å²) in [6.07, 6.45) is 0.306. The number of ether oxygens (including phenoxy) is 1. The van der Waals surface area contributed by atoms with Gasteiger partial charge in [-0.1, -0.05) is 30.3 Å². The van der Waals surface area contributed by atoms with E-state index in [0.717, 1.165) is 23.1 Å². The first-order chi connectivity index (χ1) is 13.4. The van der Waals surface area contributed by atoms with Gasteiger partial charge in [-0.15, -0.1) is 0 Å². The van der Waals surface area contributed by atoms with Crippen LogP contribution >= 0.6 is 0 Å². The molecule has 3 aromatic rings. The number of amides is 1. The molecular weight excluding hydrogens is 362 g/mol. The third-order valence-corrected chi connectivity index (χ3v) is 4.00. The second-order valence-corrected chi connectivity index (χ2v) is 6.00. The summed E-state index contributed by atoms with van der Waals surface area (Å²) in [5.41, 5.74) is 2.20. The van der Waals surface area contributed by atoms with Crippen molar-refractivity contribution in [3.05, 3.63) is 76.3 Å². The number of carbonyl (C=O) groups is 1. The van der Waals surface area contributed by atoms with Crippen molar-refractivity contribution in [2.45, 2.75) is 13.0 Å². The minimum absolute atomic E-state index is 0.109. The number of phenolic OH excluding ortho intramolecular Hbond substituents is 1. The monoisotopic (exact) mass is 379 g/mol. The predicted molar refractivity (Wildman–Crippen MR) is 105 cm³/mol. The van der Waals surface area contributed by atoms with Crippen molar-refractivity contribution in [3.8, 4) is 11.5 Å². The lowest BCUT2D eigenvalue weighted by molar-refractivity contribution is -0.384. The number of phenols is 1. The molecule has 1 amide bonds. The van der Waals surface area contributed by atoms with Gasteiger partial charge in [-0.2, -0.15) is 5.10 Å². The van der Waals surface area contributed by atoms with Crippen LogP contribution in [0, 0.1) is 10.1 Å². The highest BCUT2D eigenvalue weighted by molar-refractivity contribution is 5.87. The van der Waals surface area contributed by atoms with Crippen LogP contribution in [0.1, 0.15) is 12.5 Å². The highest BCUT2D eigenvalue weighted by Gasteiger charge is 2.14. The molecule has 0 bridgehead atoms. The number of aromatic hydroxyl groups is 1. The van der Waals surface area contributed by atoms with Gasteiger partial charge in [0.05, 0.1) is 11.1 Å². The van der Waals surface area contributed by atoms with Gasteiger partial charge in [0.1, 0.15) is 11.5 Å². The van der Waals surface area contributed by atoms with Gasteiger partial charge in [0.15, 0.2) is 6.10 Å². The molecule has 0 spiro atoms. The molecule has 2 N–H and O–H groups in total. The van der Waals surface area contributed by atoms with Crippen LogP contribution in [0.25, 0.3) is 10.8 Å². The molecule has 3 aromatic carbocycles. The zero-order valence-electron chi connectivity index (χ0n) is 14.9. The third-order valence-electron chi connectivity index (χ3n) is 4.00. The highest BCUT2D eigenvalue weighted by atomic mass is 16.6. The average molecular weight is 379 g/mol.